The first-order chi connectivity index (χ1) is 11.6. The van der Waals surface area contributed by atoms with Crippen molar-refractivity contribution >= 4 is 16.8 Å². The molecule has 2 aromatic heterocycles. The van der Waals surface area contributed by atoms with E-state index in [9.17, 15) is 4.79 Å². The average Bonchev–Trinajstić information content (AvgIpc) is 2.61. The second-order valence-electron chi connectivity index (χ2n) is 4.88. The summed E-state index contributed by atoms with van der Waals surface area (Å²) in [6.45, 7) is 0. The fraction of sp³-hybridized carbons (Fsp3) is 0.118. The topological polar surface area (TPSA) is 96.6 Å². The Balaban J connectivity index is 2.01. The van der Waals surface area contributed by atoms with Crippen molar-refractivity contribution in [3.8, 4) is 23.0 Å². The Bertz CT molecular complexity index is 894. The van der Waals surface area contributed by atoms with Gasteiger partial charge in [0.25, 0.3) is 5.91 Å². The number of nitrogens with zero attached hydrogens (tertiary/aromatic N) is 2. The molecule has 0 aliphatic rings. The van der Waals surface area contributed by atoms with E-state index in [0.717, 1.165) is 5.39 Å². The summed E-state index contributed by atoms with van der Waals surface area (Å²) < 4.78 is 16.4. The summed E-state index contributed by atoms with van der Waals surface area (Å²) in [6, 6.07) is 8.43. The van der Waals surface area contributed by atoms with Crippen molar-refractivity contribution in [3.63, 3.8) is 0 Å². The maximum atomic E-state index is 11.1. The number of benzene rings is 1. The Morgan fingerprint density at radius 2 is 1.75 bits per heavy atom. The molecule has 0 radical (unpaired) electrons. The highest BCUT2D eigenvalue weighted by atomic mass is 16.5. The van der Waals surface area contributed by atoms with Gasteiger partial charge < -0.3 is 19.9 Å². The van der Waals surface area contributed by atoms with Crippen molar-refractivity contribution in [1.82, 2.24) is 9.97 Å². The van der Waals surface area contributed by atoms with Crippen LogP contribution in [0.15, 0.2) is 42.7 Å². The molecule has 7 heteroatoms. The largest absolute Gasteiger partial charge is 0.493 e. The van der Waals surface area contributed by atoms with Gasteiger partial charge in [-0.3, -0.25) is 9.78 Å². The van der Waals surface area contributed by atoms with Gasteiger partial charge in [0.15, 0.2) is 11.5 Å². The zero-order valence-electron chi connectivity index (χ0n) is 13.1. The molecule has 0 unspecified atom stereocenters. The van der Waals surface area contributed by atoms with Crippen LogP contribution >= 0.6 is 0 Å². The molecule has 1 amide bonds. The molecule has 0 bridgehead atoms. The maximum Gasteiger partial charge on any atom is 0.267 e. The van der Waals surface area contributed by atoms with Crippen LogP contribution in [0.2, 0.25) is 0 Å². The molecule has 1 aromatic carbocycles. The molecule has 0 fully saturated rings. The summed E-state index contributed by atoms with van der Waals surface area (Å²) in [5.41, 5.74) is 6.05. The molecule has 3 aromatic rings. The molecular formula is C17H15N3O4. The van der Waals surface area contributed by atoms with E-state index in [0.29, 0.717) is 28.5 Å². The lowest BCUT2D eigenvalue weighted by atomic mass is 10.2. The minimum Gasteiger partial charge on any atom is -0.493 e. The lowest BCUT2D eigenvalue weighted by Crippen LogP contribution is -2.12. The zero-order chi connectivity index (χ0) is 17.1. The highest BCUT2D eigenvalue weighted by Crippen LogP contribution is 2.36. The molecule has 2 N–H and O–H groups in total. The van der Waals surface area contributed by atoms with Crippen LogP contribution in [0.3, 0.4) is 0 Å². The summed E-state index contributed by atoms with van der Waals surface area (Å²) >= 11 is 0. The van der Waals surface area contributed by atoms with Crippen LogP contribution in [-0.2, 0) is 0 Å². The third-order valence-corrected chi connectivity index (χ3v) is 3.42. The SMILES string of the molecule is COc1cc2nccc(Oc3ccc(C(N)=O)nc3)c2cc1OC. The van der Waals surface area contributed by atoms with E-state index >= 15 is 0 Å². The van der Waals surface area contributed by atoms with E-state index in [-0.39, 0.29) is 5.69 Å². The number of hydrogen-bond donors (Lipinski definition) is 1. The number of amides is 1. The molecule has 0 aliphatic carbocycles. The number of primary amides is 1. The van der Waals surface area contributed by atoms with Crippen molar-refractivity contribution in [1.29, 1.82) is 0 Å². The second-order valence-corrected chi connectivity index (χ2v) is 4.88. The van der Waals surface area contributed by atoms with Gasteiger partial charge in [0.1, 0.15) is 17.2 Å². The van der Waals surface area contributed by atoms with Gasteiger partial charge in [-0.05, 0) is 24.3 Å². The maximum absolute atomic E-state index is 11.1. The lowest BCUT2D eigenvalue weighted by Gasteiger charge is -2.12. The zero-order valence-corrected chi connectivity index (χ0v) is 13.1. The minimum absolute atomic E-state index is 0.174. The standard InChI is InChI=1S/C17H15N3O4/c1-22-15-7-11-13(8-16(15)23-2)19-6-5-14(11)24-10-3-4-12(17(18)21)20-9-10/h3-9H,1-2H3,(H2,18,21). The Morgan fingerprint density at radius 3 is 2.38 bits per heavy atom. The Morgan fingerprint density at radius 1 is 1.00 bits per heavy atom. The van der Waals surface area contributed by atoms with Crippen LogP contribution < -0.4 is 19.9 Å². The highest BCUT2D eigenvalue weighted by Gasteiger charge is 2.11. The molecule has 0 aliphatic heterocycles. The summed E-state index contributed by atoms with van der Waals surface area (Å²) in [5, 5.41) is 0.758. The van der Waals surface area contributed by atoms with Gasteiger partial charge in [-0.1, -0.05) is 0 Å². The Hall–Kier alpha value is -3.35. The molecule has 122 valence electrons. The molecule has 7 nitrogen and oxygen atoms in total. The Labute approximate surface area is 138 Å². The first-order valence-electron chi connectivity index (χ1n) is 7.07. The van der Waals surface area contributed by atoms with Crippen molar-refractivity contribution in [2.75, 3.05) is 14.2 Å². The van der Waals surface area contributed by atoms with Crippen LogP contribution in [0.25, 0.3) is 10.9 Å². The normalized spacial score (nSPS) is 10.4. The fourth-order valence-electron chi connectivity index (χ4n) is 2.25. The van der Waals surface area contributed by atoms with E-state index in [4.69, 9.17) is 19.9 Å². The molecule has 3 rings (SSSR count). The van der Waals surface area contributed by atoms with Crippen LogP contribution in [-0.4, -0.2) is 30.1 Å². The van der Waals surface area contributed by atoms with Crippen molar-refractivity contribution < 1.29 is 19.0 Å². The lowest BCUT2D eigenvalue weighted by molar-refractivity contribution is 0.0995. The molecule has 2 heterocycles. The number of carbonyl (C=O) groups is 1. The van der Waals surface area contributed by atoms with Gasteiger partial charge in [-0.2, -0.15) is 0 Å². The number of ether oxygens (including phenoxy) is 3. The summed E-state index contributed by atoms with van der Waals surface area (Å²) in [6.07, 6.45) is 3.07. The fourth-order valence-corrected chi connectivity index (χ4v) is 2.25. The smallest absolute Gasteiger partial charge is 0.267 e. The second kappa shape index (κ2) is 6.41. The van der Waals surface area contributed by atoms with Gasteiger partial charge in [-0.15, -0.1) is 0 Å². The number of nitrogens with two attached hydrogens (primary N) is 1. The number of rotatable bonds is 5. The predicted molar refractivity (Wildman–Crippen MR) is 87.7 cm³/mol. The first kappa shape index (κ1) is 15.5. The van der Waals surface area contributed by atoms with E-state index in [1.54, 1.807) is 44.7 Å². The first-order valence-corrected chi connectivity index (χ1v) is 7.07. The van der Waals surface area contributed by atoms with Gasteiger partial charge in [0.2, 0.25) is 0 Å². The quantitative estimate of drug-likeness (QED) is 0.774. The van der Waals surface area contributed by atoms with Gasteiger partial charge in [0.05, 0.1) is 25.9 Å². The van der Waals surface area contributed by atoms with E-state index < -0.39 is 5.91 Å². The number of aromatic nitrogens is 2. The molecule has 24 heavy (non-hydrogen) atoms. The van der Waals surface area contributed by atoms with E-state index in [1.807, 2.05) is 0 Å². The number of pyridine rings is 2. The molecule has 0 saturated carbocycles. The average molecular weight is 325 g/mol. The van der Waals surface area contributed by atoms with Crippen LogP contribution in [0.4, 0.5) is 0 Å². The summed E-state index contributed by atoms with van der Waals surface area (Å²) in [7, 11) is 3.13. The number of carbonyl (C=O) groups excluding carboxylic acids is 1. The number of hydrogen-bond acceptors (Lipinski definition) is 6. The van der Waals surface area contributed by atoms with Crippen LogP contribution in [0.1, 0.15) is 10.5 Å². The third-order valence-electron chi connectivity index (χ3n) is 3.42. The van der Waals surface area contributed by atoms with E-state index in [2.05, 4.69) is 9.97 Å². The minimum atomic E-state index is -0.590. The van der Waals surface area contributed by atoms with Crippen LogP contribution in [0.5, 0.6) is 23.0 Å². The van der Waals surface area contributed by atoms with Crippen LogP contribution in [0, 0.1) is 0 Å². The van der Waals surface area contributed by atoms with Gasteiger partial charge in [0, 0.05) is 17.6 Å². The molecule has 0 spiro atoms. The third kappa shape index (κ3) is 2.91. The van der Waals surface area contributed by atoms with Gasteiger partial charge >= 0.3 is 0 Å². The Kier molecular flexibility index (Phi) is 4.15. The summed E-state index contributed by atoms with van der Waals surface area (Å²) in [4.78, 5) is 19.3. The monoisotopic (exact) mass is 325 g/mol. The van der Waals surface area contributed by atoms with Crippen molar-refractivity contribution in [2.24, 2.45) is 5.73 Å². The van der Waals surface area contributed by atoms with Crippen molar-refractivity contribution in [2.45, 2.75) is 0 Å². The molecule has 0 saturated heterocycles. The number of methoxy groups -OCH3 is 2. The molecular weight excluding hydrogens is 310 g/mol. The molecule has 0 atom stereocenters. The highest BCUT2D eigenvalue weighted by molar-refractivity contribution is 5.91. The van der Waals surface area contributed by atoms with E-state index in [1.165, 1.54) is 12.3 Å². The van der Waals surface area contributed by atoms with Crippen molar-refractivity contribution in [3.05, 3.63) is 48.4 Å². The predicted octanol–water partition coefficient (Wildman–Crippen LogP) is 2.54. The number of fused-ring (bicyclic) bond motifs is 1. The summed E-state index contributed by atoms with van der Waals surface area (Å²) in [5.74, 6) is 1.62. The van der Waals surface area contributed by atoms with Gasteiger partial charge in [-0.25, -0.2) is 4.98 Å².